The van der Waals surface area contributed by atoms with Crippen molar-refractivity contribution in [1.82, 2.24) is 10.2 Å². The van der Waals surface area contributed by atoms with E-state index >= 15 is 0 Å². The average Bonchev–Trinajstić information content (AvgIpc) is 3.40. The first-order chi connectivity index (χ1) is 13.1. The second kappa shape index (κ2) is 7.28. The predicted octanol–water partition coefficient (Wildman–Crippen LogP) is 4.06. The largest absolute Gasteiger partial charge is 0.454 e. The fraction of sp³-hybridized carbons (Fsp3) is 0.200. The lowest BCUT2D eigenvalue weighted by Crippen LogP contribution is -2.29. The number of aromatic nitrogens is 2. The number of hydrogen-bond acceptors (Lipinski definition) is 5. The minimum atomic E-state index is -0.103. The molecule has 0 fully saturated rings. The van der Waals surface area contributed by atoms with E-state index < -0.39 is 0 Å². The third-order valence-corrected chi connectivity index (χ3v) is 5.20. The highest BCUT2D eigenvalue weighted by atomic mass is 32.1. The summed E-state index contributed by atoms with van der Waals surface area (Å²) < 4.78 is 10.7. The van der Waals surface area contributed by atoms with Crippen LogP contribution in [0, 0.1) is 13.8 Å². The van der Waals surface area contributed by atoms with Gasteiger partial charge >= 0.3 is 0 Å². The van der Waals surface area contributed by atoms with Crippen molar-refractivity contribution in [3.05, 3.63) is 63.6 Å². The van der Waals surface area contributed by atoms with Crippen LogP contribution in [0.2, 0.25) is 0 Å². The van der Waals surface area contributed by atoms with Crippen molar-refractivity contribution < 1.29 is 14.3 Å². The standard InChI is InChI=1S/C20H19N3O3S/c1-13-20(14(2)22-21-13)23(11-16-4-3-9-27-16)19(24)8-6-15-5-7-17-18(10-15)26-12-25-17/h3-10H,11-12H2,1-2H3,(H,21,22). The van der Waals surface area contributed by atoms with Crippen LogP contribution in [0.1, 0.15) is 21.8 Å². The smallest absolute Gasteiger partial charge is 0.251 e. The number of carbonyl (C=O) groups excluding carboxylic acids is 1. The van der Waals surface area contributed by atoms with Crippen molar-refractivity contribution in [3.63, 3.8) is 0 Å². The van der Waals surface area contributed by atoms with Crippen molar-refractivity contribution in [2.75, 3.05) is 11.7 Å². The Balaban J connectivity index is 1.60. The Bertz CT molecular complexity index is 973. The summed E-state index contributed by atoms with van der Waals surface area (Å²) in [5.74, 6) is 1.32. The summed E-state index contributed by atoms with van der Waals surface area (Å²) in [5, 5.41) is 9.20. The Labute approximate surface area is 161 Å². The molecule has 0 unspecified atom stereocenters. The topological polar surface area (TPSA) is 67.5 Å². The lowest BCUT2D eigenvalue weighted by atomic mass is 10.2. The van der Waals surface area contributed by atoms with Gasteiger partial charge in [0.1, 0.15) is 0 Å². The average molecular weight is 381 g/mol. The van der Waals surface area contributed by atoms with Gasteiger partial charge in [0.2, 0.25) is 6.79 Å². The number of benzene rings is 1. The zero-order chi connectivity index (χ0) is 18.8. The van der Waals surface area contributed by atoms with Crippen LogP contribution in [0.5, 0.6) is 11.5 Å². The number of amides is 1. The zero-order valence-electron chi connectivity index (χ0n) is 15.1. The van der Waals surface area contributed by atoms with E-state index in [4.69, 9.17) is 9.47 Å². The number of nitrogens with zero attached hydrogens (tertiary/aromatic N) is 2. The second-order valence-corrected chi connectivity index (χ2v) is 7.26. The molecule has 3 aromatic rings. The first-order valence-corrected chi connectivity index (χ1v) is 9.43. The molecule has 0 spiro atoms. The van der Waals surface area contributed by atoms with E-state index in [9.17, 15) is 4.79 Å². The van der Waals surface area contributed by atoms with Crippen LogP contribution in [0.3, 0.4) is 0 Å². The van der Waals surface area contributed by atoms with Crippen LogP contribution in [-0.4, -0.2) is 22.9 Å². The molecule has 7 heteroatoms. The van der Waals surface area contributed by atoms with E-state index in [1.54, 1.807) is 28.4 Å². The highest BCUT2D eigenvalue weighted by molar-refractivity contribution is 7.09. The molecule has 0 bridgehead atoms. The number of aromatic amines is 1. The summed E-state index contributed by atoms with van der Waals surface area (Å²) in [6.45, 7) is 4.55. The molecule has 6 nitrogen and oxygen atoms in total. The molecule has 1 aliphatic heterocycles. The summed E-state index contributed by atoms with van der Waals surface area (Å²) in [6, 6.07) is 9.62. The molecule has 2 aromatic heterocycles. The summed E-state index contributed by atoms with van der Waals surface area (Å²) in [6.07, 6.45) is 3.37. The number of rotatable bonds is 5. The van der Waals surface area contributed by atoms with Gasteiger partial charge in [-0.15, -0.1) is 11.3 Å². The van der Waals surface area contributed by atoms with Gasteiger partial charge in [-0.1, -0.05) is 12.1 Å². The molecule has 1 amide bonds. The quantitative estimate of drug-likeness (QED) is 0.677. The molecule has 0 aliphatic carbocycles. The lowest BCUT2D eigenvalue weighted by Gasteiger charge is -2.21. The van der Waals surface area contributed by atoms with Crippen LogP contribution in [0.15, 0.2) is 41.8 Å². The molecule has 1 aromatic carbocycles. The number of ether oxygens (including phenoxy) is 2. The Hall–Kier alpha value is -3.06. The van der Waals surface area contributed by atoms with Crippen molar-refractivity contribution in [2.45, 2.75) is 20.4 Å². The van der Waals surface area contributed by atoms with Gasteiger partial charge in [-0.2, -0.15) is 5.10 Å². The van der Waals surface area contributed by atoms with Gasteiger partial charge in [-0.3, -0.25) is 9.89 Å². The zero-order valence-corrected chi connectivity index (χ0v) is 15.9. The van der Waals surface area contributed by atoms with Gasteiger partial charge in [0.05, 0.1) is 23.6 Å². The second-order valence-electron chi connectivity index (χ2n) is 6.23. The maximum Gasteiger partial charge on any atom is 0.251 e. The summed E-state index contributed by atoms with van der Waals surface area (Å²) in [4.78, 5) is 15.9. The maximum absolute atomic E-state index is 13.0. The van der Waals surface area contributed by atoms with Crippen LogP contribution in [-0.2, 0) is 11.3 Å². The van der Waals surface area contributed by atoms with Gasteiger partial charge in [-0.25, -0.2) is 0 Å². The molecule has 4 rings (SSSR count). The van der Waals surface area contributed by atoms with E-state index in [0.29, 0.717) is 12.3 Å². The SMILES string of the molecule is Cc1n[nH]c(C)c1N(Cc1cccs1)C(=O)C=Cc1ccc2c(c1)OCO2. The van der Waals surface area contributed by atoms with E-state index in [1.165, 1.54) is 0 Å². The third-order valence-electron chi connectivity index (χ3n) is 4.33. The lowest BCUT2D eigenvalue weighted by molar-refractivity contribution is -0.114. The first-order valence-electron chi connectivity index (χ1n) is 8.55. The Morgan fingerprint density at radius 1 is 1.30 bits per heavy atom. The molecule has 1 aliphatic rings. The molecular formula is C20H19N3O3S. The molecule has 0 atom stereocenters. The third kappa shape index (κ3) is 3.59. The number of nitrogens with one attached hydrogen (secondary N) is 1. The predicted molar refractivity (Wildman–Crippen MR) is 105 cm³/mol. The summed E-state index contributed by atoms with van der Waals surface area (Å²) in [5.41, 5.74) is 3.37. The van der Waals surface area contributed by atoms with Crippen LogP contribution >= 0.6 is 11.3 Å². The van der Waals surface area contributed by atoms with Crippen LogP contribution in [0.25, 0.3) is 6.08 Å². The van der Waals surface area contributed by atoms with Gasteiger partial charge < -0.3 is 14.4 Å². The molecule has 0 radical (unpaired) electrons. The fourth-order valence-electron chi connectivity index (χ4n) is 3.04. The molecular weight excluding hydrogens is 362 g/mol. The van der Waals surface area contributed by atoms with E-state index in [1.807, 2.05) is 49.6 Å². The highest BCUT2D eigenvalue weighted by Crippen LogP contribution is 2.33. The number of aryl methyl sites for hydroxylation is 2. The molecule has 0 saturated carbocycles. The van der Waals surface area contributed by atoms with Gasteiger partial charge in [-0.05, 0) is 49.1 Å². The van der Waals surface area contributed by atoms with Gasteiger partial charge in [0.25, 0.3) is 5.91 Å². The summed E-state index contributed by atoms with van der Waals surface area (Å²) in [7, 11) is 0. The normalized spacial score (nSPS) is 12.7. The molecule has 27 heavy (non-hydrogen) atoms. The van der Waals surface area contributed by atoms with Gasteiger partial charge in [0, 0.05) is 11.0 Å². The maximum atomic E-state index is 13.0. The van der Waals surface area contributed by atoms with Crippen LogP contribution in [0.4, 0.5) is 5.69 Å². The van der Waals surface area contributed by atoms with Gasteiger partial charge in [0.15, 0.2) is 11.5 Å². The Morgan fingerprint density at radius 3 is 2.89 bits per heavy atom. The highest BCUT2D eigenvalue weighted by Gasteiger charge is 2.21. The van der Waals surface area contributed by atoms with Crippen molar-refractivity contribution in [2.24, 2.45) is 0 Å². The number of fused-ring (bicyclic) bond motifs is 1. The minimum Gasteiger partial charge on any atom is -0.454 e. The molecule has 3 heterocycles. The number of thiophene rings is 1. The van der Waals surface area contributed by atoms with Crippen molar-refractivity contribution in [3.8, 4) is 11.5 Å². The number of carbonyl (C=O) groups is 1. The fourth-order valence-corrected chi connectivity index (χ4v) is 3.74. The molecule has 1 N–H and O–H groups in total. The Kier molecular flexibility index (Phi) is 4.68. The number of H-pyrrole nitrogens is 1. The molecule has 138 valence electrons. The van der Waals surface area contributed by atoms with Crippen molar-refractivity contribution in [1.29, 1.82) is 0 Å². The minimum absolute atomic E-state index is 0.103. The number of hydrogen-bond donors (Lipinski definition) is 1. The molecule has 0 saturated heterocycles. The van der Waals surface area contributed by atoms with E-state index in [-0.39, 0.29) is 12.7 Å². The van der Waals surface area contributed by atoms with Crippen LogP contribution < -0.4 is 14.4 Å². The Morgan fingerprint density at radius 2 is 2.15 bits per heavy atom. The van der Waals surface area contributed by atoms with E-state index in [0.717, 1.165) is 33.3 Å². The monoisotopic (exact) mass is 381 g/mol. The van der Waals surface area contributed by atoms with E-state index in [2.05, 4.69) is 10.2 Å². The first kappa shape index (κ1) is 17.4. The summed E-state index contributed by atoms with van der Waals surface area (Å²) >= 11 is 1.63. The van der Waals surface area contributed by atoms with Crippen molar-refractivity contribution >= 4 is 29.0 Å². The number of anilines is 1.